The summed E-state index contributed by atoms with van der Waals surface area (Å²) in [5.74, 6) is -2.51. The molecule has 0 saturated carbocycles. The second-order valence-electron chi connectivity index (χ2n) is 11.4. The molecule has 14 nitrogen and oxygen atoms in total. The lowest BCUT2D eigenvalue weighted by atomic mass is 9.94. The summed E-state index contributed by atoms with van der Waals surface area (Å²) in [6.07, 6.45) is 2.31. The molecule has 2 aromatic rings. The van der Waals surface area contributed by atoms with E-state index in [1.807, 2.05) is 30.3 Å². The van der Waals surface area contributed by atoms with Gasteiger partial charge in [0, 0.05) is 19.4 Å². The quantitative estimate of drug-likeness (QED) is 0.0530. The first-order valence-corrected chi connectivity index (χ1v) is 15.4. The molecule has 0 aromatic heterocycles. The fraction of sp³-hybridized carbons (Fsp3) is 0.469. The number of nitrogens with zero attached hydrogens (tertiary/aromatic N) is 1. The van der Waals surface area contributed by atoms with Gasteiger partial charge in [-0.25, -0.2) is 0 Å². The lowest BCUT2D eigenvalue weighted by molar-refractivity contribution is -0.133. The number of unbranched alkanes of at least 4 members (excludes halogenated alkanes) is 1. The molecule has 0 bridgehead atoms. The maximum atomic E-state index is 13.8. The second-order valence-corrected chi connectivity index (χ2v) is 11.4. The molecule has 0 aliphatic carbocycles. The van der Waals surface area contributed by atoms with E-state index in [0.717, 1.165) is 11.1 Å². The summed E-state index contributed by atoms with van der Waals surface area (Å²) in [5, 5.41) is 18.2. The maximum absolute atomic E-state index is 13.8. The molecule has 0 aliphatic heterocycles. The van der Waals surface area contributed by atoms with E-state index in [4.69, 9.17) is 28.7 Å². The molecular formula is C32H49N9O5. The largest absolute Gasteiger partial charge is 0.508 e. The Morgan fingerprint density at radius 2 is 1.37 bits per heavy atom. The number of guanidine groups is 1. The number of nitrogens with two attached hydrogens (primary N) is 5. The summed E-state index contributed by atoms with van der Waals surface area (Å²) in [6.45, 7) is 4.26. The number of amides is 4. The highest BCUT2D eigenvalue weighted by molar-refractivity contribution is 5.94. The molecule has 0 heterocycles. The van der Waals surface area contributed by atoms with Crippen molar-refractivity contribution in [2.75, 3.05) is 13.1 Å². The molecule has 2 aromatic carbocycles. The predicted molar refractivity (Wildman–Crippen MR) is 177 cm³/mol. The number of aryl methyl sites for hydroxylation is 2. The third-order valence-corrected chi connectivity index (χ3v) is 7.55. The first-order valence-electron chi connectivity index (χ1n) is 15.4. The number of benzene rings is 2. The van der Waals surface area contributed by atoms with E-state index < -0.39 is 47.8 Å². The Kier molecular flexibility index (Phi) is 15.5. The number of phenolic OH excluding ortho intramolecular Hbond substituents is 1. The van der Waals surface area contributed by atoms with E-state index in [1.54, 1.807) is 26.0 Å². The number of carbonyl (C=O) groups is 4. The minimum Gasteiger partial charge on any atom is -0.508 e. The number of phenols is 1. The standard InChI is InChI=1S/C32H49N9O5/c1-19-15-22(42)16-20(2)23(19)18-27(31(46)40-26(28(35)43)17-21-9-4-3-5-10-21)41-30(45)25(12-6-7-13-33)39-29(44)24(34)11-8-14-38-32(36)37/h3-5,9-10,15-16,24-27,42H,6-8,11-14,17-18,33-34H2,1-2H3,(H2,35,43)(H,39,44)(H,40,46)(H,41,45)(H4,36,37,38)/t24-,25-,26-,27-/m0/s1. The maximum Gasteiger partial charge on any atom is 0.243 e. The van der Waals surface area contributed by atoms with Crippen LogP contribution in [0.2, 0.25) is 0 Å². The van der Waals surface area contributed by atoms with Crippen molar-refractivity contribution in [3.63, 3.8) is 0 Å². The molecule has 14 N–H and O–H groups in total. The Morgan fingerprint density at radius 3 is 1.96 bits per heavy atom. The van der Waals surface area contributed by atoms with E-state index in [0.29, 0.717) is 43.5 Å². The second kappa shape index (κ2) is 19.0. The number of primary amides is 1. The molecule has 4 atom stereocenters. The normalized spacial score (nSPS) is 13.5. The molecular weight excluding hydrogens is 590 g/mol. The van der Waals surface area contributed by atoms with Crippen LogP contribution in [0, 0.1) is 13.8 Å². The third-order valence-electron chi connectivity index (χ3n) is 7.55. The Labute approximate surface area is 269 Å². The van der Waals surface area contributed by atoms with Gasteiger partial charge in [0.15, 0.2) is 5.96 Å². The van der Waals surface area contributed by atoms with Crippen molar-refractivity contribution in [2.45, 2.75) is 83.0 Å². The molecule has 0 radical (unpaired) electrons. The van der Waals surface area contributed by atoms with Crippen LogP contribution in [0.4, 0.5) is 0 Å². The van der Waals surface area contributed by atoms with E-state index >= 15 is 0 Å². The number of aromatic hydroxyl groups is 1. The van der Waals surface area contributed by atoms with Gasteiger partial charge in [-0.2, -0.15) is 0 Å². The molecule has 0 fully saturated rings. The highest BCUT2D eigenvalue weighted by Crippen LogP contribution is 2.22. The van der Waals surface area contributed by atoms with Crippen molar-refractivity contribution in [3.05, 3.63) is 64.7 Å². The fourth-order valence-electron chi connectivity index (χ4n) is 5.01. The predicted octanol–water partition coefficient (Wildman–Crippen LogP) is -0.756. The lowest BCUT2D eigenvalue weighted by Crippen LogP contribution is -2.58. The molecule has 14 heteroatoms. The van der Waals surface area contributed by atoms with Crippen LogP contribution in [0.15, 0.2) is 47.5 Å². The van der Waals surface area contributed by atoms with Gasteiger partial charge in [0.05, 0.1) is 6.04 Å². The number of carbonyl (C=O) groups excluding carboxylic acids is 4. The minimum atomic E-state index is -1.16. The fourth-order valence-corrected chi connectivity index (χ4v) is 5.01. The van der Waals surface area contributed by atoms with E-state index in [1.165, 1.54) is 0 Å². The monoisotopic (exact) mass is 639 g/mol. The van der Waals surface area contributed by atoms with E-state index in [2.05, 4.69) is 20.9 Å². The molecule has 252 valence electrons. The van der Waals surface area contributed by atoms with Crippen LogP contribution in [0.25, 0.3) is 0 Å². The zero-order valence-electron chi connectivity index (χ0n) is 26.6. The van der Waals surface area contributed by atoms with Gasteiger partial charge in [-0.05, 0) is 86.9 Å². The topological polar surface area (TPSA) is 267 Å². The molecule has 0 saturated heterocycles. The van der Waals surface area contributed by atoms with Crippen LogP contribution in [0.1, 0.15) is 54.4 Å². The number of hydrogen-bond donors (Lipinski definition) is 9. The highest BCUT2D eigenvalue weighted by atomic mass is 16.3. The first kappa shape index (κ1) is 37.5. The highest BCUT2D eigenvalue weighted by Gasteiger charge is 2.31. The van der Waals surface area contributed by atoms with Crippen LogP contribution < -0.4 is 44.6 Å². The minimum absolute atomic E-state index is 0.0418. The van der Waals surface area contributed by atoms with Gasteiger partial charge >= 0.3 is 0 Å². The van der Waals surface area contributed by atoms with Gasteiger partial charge in [0.2, 0.25) is 23.6 Å². The molecule has 0 spiro atoms. The summed E-state index contributed by atoms with van der Waals surface area (Å²) in [4.78, 5) is 56.7. The molecule has 46 heavy (non-hydrogen) atoms. The Balaban J connectivity index is 2.31. The molecule has 4 amide bonds. The Morgan fingerprint density at radius 1 is 0.783 bits per heavy atom. The number of hydrogen-bond acceptors (Lipinski definition) is 8. The van der Waals surface area contributed by atoms with Crippen LogP contribution >= 0.6 is 0 Å². The number of nitrogens with one attached hydrogen (secondary N) is 3. The van der Waals surface area contributed by atoms with Gasteiger partial charge in [-0.3, -0.25) is 24.2 Å². The average molecular weight is 640 g/mol. The van der Waals surface area contributed by atoms with Crippen molar-refractivity contribution in [1.29, 1.82) is 0 Å². The van der Waals surface area contributed by atoms with Gasteiger partial charge in [-0.1, -0.05) is 30.3 Å². The van der Waals surface area contributed by atoms with Gasteiger partial charge in [0.1, 0.15) is 23.9 Å². The van der Waals surface area contributed by atoms with Crippen LogP contribution in [-0.4, -0.2) is 72.0 Å². The summed E-state index contributed by atoms with van der Waals surface area (Å²) in [7, 11) is 0. The van der Waals surface area contributed by atoms with Crippen molar-refractivity contribution < 1.29 is 24.3 Å². The van der Waals surface area contributed by atoms with Crippen LogP contribution in [-0.2, 0) is 32.0 Å². The summed E-state index contributed by atoms with van der Waals surface area (Å²) < 4.78 is 0. The Hall–Kier alpha value is -4.69. The van der Waals surface area contributed by atoms with Crippen molar-refractivity contribution in [2.24, 2.45) is 33.7 Å². The zero-order valence-corrected chi connectivity index (χ0v) is 26.6. The first-order chi connectivity index (χ1) is 21.8. The third kappa shape index (κ3) is 12.7. The van der Waals surface area contributed by atoms with Gasteiger partial charge < -0.3 is 49.7 Å². The van der Waals surface area contributed by atoms with Crippen LogP contribution in [0.5, 0.6) is 5.75 Å². The zero-order chi connectivity index (χ0) is 34.2. The number of rotatable bonds is 19. The van der Waals surface area contributed by atoms with Crippen LogP contribution in [0.3, 0.4) is 0 Å². The SMILES string of the molecule is Cc1cc(O)cc(C)c1C[C@H](NC(=O)[C@H](CCCCN)NC(=O)[C@@H](N)CCCN=C(N)N)C(=O)N[C@@H](Cc1ccccc1)C(N)=O. The average Bonchev–Trinajstić information content (AvgIpc) is 2.99. The lowest BCUT2D eigenvalue weighted by Gasteiger charge is -2.26. The van der Waals surface area contributed by atoms with E-state index in [-0.39, 0.29) is 37.4 Å². The van der Waals surface area contributed by atoms with Gasteiger partial charge in [0.25, 0.3) is 0 Å². The Bertz CT molecular complexity index is 1330. The summed E-state index contributed by atoms with van der Waals surface area (Å²) in [5.41, 5.74) is 31.0. The van der Waals surface area contributed by atoms with Crippen molar-refractivity contribution in [1.82, 2.24) is 16.0 Å². The van der Waals surface area contributed by atoms with Crippen molar-refractivity contribution >= 4 is 29.6 Å². The van der Waals surface area contributed by atoms with Gasteiger partial charge in [-0.15, -0.1) is 0 Å². The summed E-state index contributed by atoms with van der Waals surface area (Å²) in [6, 6.07) is 8.05. The molecule has 0 unspecified atom stereocenters. The molecule has 0 aliphatic rings. The smallest absolute Gasteiger partial charge is 0.243 e. The summed E-state index contributed by atoms with van der Waals surface area (Å²) >= 11 is 0. The molecule has 2 rings (SSSR count). The number of aliphatic imine (C=N–C) groups is 1. The van der Waals surface area contributed by atoms with E-state index in [9.17, 15) is 24.3 Å². The van der Waals surface area contributed by atoms with Crippen molar-refractivity contribution in [3.8, 4) is 5.75 Å².